The molecule has 4 rings (SSSR count). The molecule has 6 heteroatoms. The molecule has 0 bridgehead atoms. The number of nitrogens with zero attached hydrogens (tertiary/aromatic N) is 3. The van der Waals surface area contributed by atoms with Crippen molar-refractivity contribution < 1.29 is 9.59 Å². The van der Waals surface area contributed by atoms with Gasteiger partial charge >= 0.3 is 0 Å². The molecule has 2 aromatic carbocycles. The molecule has 0 N–H and O–H groups in total. The Morgan fingerprint density at radius 1 is 1.22 bits per heavy atom. The van der Waals surface area contributed by atoms with Gasteiger partial charge in [0, 0.05) is 25.7 Å². The fourth-order valence-corrected chi connectivity index (χ4v) is 4.45. The van der Waals surface area contributed by atoms with Crippen molar-refractivity contribution in [2.45, 2.75) is 19.9 Å². The third kappa shape index (κ3) is 3.57. The molecule has 1 aromatic heterocycles. The molecule has 1 aliphatic rings. The number of hydrogen-bond donors (Lipinski definition) is 0. The molecule has 0 unspecified atom stereocenters. The monoisotopic (exact) mass is 379 g/mol. The molecular formula is C21H21N3O2S. The van der Waals surface area contributed by atoms with Crippen LogP contribution >= 0.6 is 11.3 Å². The Kier molecular flexibility index (Phi) is 4.66. The lowest BCUT2D eigenvalue weighted by atomic mass is 10.1. The molecule has 27 heavy (non-hydrogen) atoms. The Hall–Kier alpha value is -2.73. The molecule has 1 atom stereocenters. The quantitative estimate of drug-likeness (QED) is 0.696. The van der Waals surface area contributed by atoms with Crippen LogP contribution in [-0.4, -0.2) is 35.3 Å². The third-order valence-corrected chi connectivity index (χ3v) is 5.93. The van der Waals surface area contributed by atoms with Gasteiger partial charge in [0.25, 0.3) is 0 Å². The number of rotatable bonds is 4. The Morgan fingerprint density at radius 3 is 2.70 bits per heavy atom. The zero-order valence-corrected chi connectivity index (χ0v) is 16.2. The first kappa shape index (κ1) is 17.7. The summed E-state index contributed by atoms with van der Waals surface area (Å²) in [4.78, 5) is 33.3. The van der Waals surface area contributed by atoms with E-state index in [2.05, 4.69) is 4.98 Å². The van der Waals surface area contributed by atoms with Crippen LogP contribution in [0.4, 0.5) is 5.69 Å². The minimum Gasteiger partial charge on any atom is -0.339 e. The molecule has 1 aliphatic heterocycles. The molecule has 138 valence electrons. The van der Waals surface area contributed by atoms with E-state index in [-0.39, 0.29) is 24.2 Å². The average Bonchev–Trinajstić information content (AvgIpc) is 3.24. The molecule has 1 fully saturated rings. The largest absolute Gasteiger partial charge is 0.339 e. The molecule has 0 radical (unpaired) electrons. The summed E-state index contributed by atoms with van der Waals surface area (Å²) in [5.41, 5.74) is 2.96. The number of carbonyl (C=O) groups excluding carboxylic acids is 2. The van der Waals surface area contributed by atoms with Gasteiger partial charge < -0.3 is 9.80 Å². The highest BCUT2D eigenvalue weighted by molar-refractivity contribution is 7.18. The molecule has 0 spiro atoms. The lowest BCUT2D eigenvalue weighted by Crippen LogP contribution is -2.34. The Bertz CT molecular complexity index is 963. The molecule has 5 nitrogen and oxygen atoms in total. The highest BCUT2D eigenvalue weighted by atomic mass is 32.1. The van der Waals surface area contributed by atoms with Gasteiger partial charge in [-0.05, 0) is 31.2 Å². The number of aromatic nitrogens is 1. The van der Waals surface area contributed by atoms with Crippen molar-refractivity contribution in [3.05, 3.63) is 59.1 Å². The summed E-state index contributed by atoms with van der Waals surface area (Å²) in [5.74, 6) is -0.305. The summed E-state index contributed by atoms with van der Waals surface area (Å²) in [7, 11) is 1.79. The first-order valence-electron chi connectivity index (χ1n) is 8.98. The van der Waals surface area contributed by atoms with Crippen LogP contribution in [0, 0.1) is 12.8 Å². The number of carbonyl (C=O) groups is 2. The topological polar surface area (TPSA) is 53.5 Å². The predicted octanol–water partition coefficient (Wildman–Crippen LogP) is 3.62. The highest BCUT2D eigenvalue weighted by Crippen LogP contribution is 2.27. The van der Waals surface area contributed by atoms with Crippen molar-refractivity contribution in [3.63, 3.8) is 0 Å². The molecule has 2 heterocycles. The average molecular weight is 379 g/mol. The number of fused-ring (bicyclic) bond motifs is 1. The summed E-state index contributed by atoms with van der Waals surface area (Å²) >= 11 is 1.60. The number of para-hydroxylation sites is 1. The number of thiazole rings is 1. The number of anilines is 1. The van der Waals surface area contributed by atoms with Crippen LogP contribution in [0.3, 0.4) is 0 Å². The number of hydrogen-bond acceptors (Lipinski definition) is 4. The van der Waals surface area contributed by atoms with Crippen LogP contribution in [0.25, 0.3) is 10.2 Å². The van der Waals surface area contributed by atoms with Gasteiger partial charge in [0.2, 0.25) is 11.8 Å². The van der Waals surface area contributed by atoms with E-state index in [4.69, 9.17) is 0 Å². The minimum atomic E-state index is -0.307. The first-order valence-corrected chi connectivity index (χ1v) is 9.79. The van der Waals surface area contributed by atoms with E-state index in [1.165, 1.54) is 0 Å². The Labute approximate surface area is 162 Å². The summed E-state index contributed by atoms with van der Waals surface area (Å²) in [6, 6.07) is 15.8. The van der Waals surface area contributed by atoms with Crippen molar-refractivity contribution in [2.24, 2.45) is 5.92 Å². The van der Waals surface area contributed by atoms with E-state index in [1.807, 2.05) is 55.5 Å². The minimum absolute atomic E-state index is 0.00258. The van der Waals surface area contributed by atoms with Crippen LogP contribution < -0.4 is 4.90 Å². The second kappa shape index (κ2) is 7.12. The number of amides is 2. The first-order chi connectivity index (χ1) is 13.0. The van der Waals surface area contributed by atoms with Gasteiger partial charge in [-0.2, -0.15) is 0 Å². The van der Waals surface area contributed by atoms with E-state index >= 15 is 0 Å². The van der Waals surface area contributed by atoms with Crippen molar-refractivity contribution in [2.75, 3.05) is 18.5 Å². The summed E-state index contributed by atoms with van der Waals surface area (Å²) in [5, 5.41) is 0.909. The van der Waals surface area contributed by atoms with Crippen molar-refractivity contribution in [1.82, 2.24) is 9.88 Å². The maximum absolute atomic E-state index is 12.9. The lowest BCUT2D eigenvalue weighted by molar-refractivity contribution is -0.135. The zero-order valence-electron chi connectivity index (χ0n) is 15.4. The maximum Gasteiger partial charge on any atom is 0.228 e. The van der Waals surface area contributed by atoms with Crippen LogP contribution in [0.1, 0.15) is 17.0 Å². The summed E-state index contributed by atoms with van der Waals surface area (Å²) in [6.07, 6.45) is 0.261. The molecule has 1 saturated heterocycles. The van der Waals surface area contributed by atoms with Gasteiger partial charge in [-0.3, -0.25) is 9.59 Å². The lowest BCUT2D eigenvalue weighted by Gasteiger charge is -2.20. The van der Waals surface area contributed by atoms with Crippen LogP contribution in [0.5, 0.6) is 0 Å². The van der Waals surface area contributed by atoms with E-state index in [0.29, 0.717) is 13.1 Å². The van der Waals surface area contributed by atoms with Crippen LogP contribution in [0.15, 0.2) is 48.5 Å². The van der Waals surface area contributed by atoms with Crippen molar-refractivity contribution in [1.29, 1.82) is 0 Å². The van der Waals surface area contributed by atoms with E-state index in [9.17, 15) is 9.59 Å². The Balaban J connectivity index is 1.44. The molecule has 3 aromatic rings. The molecule has 0 aliphatic carbocycles. The van der Waals surface area contributed by atoms with Gasteiger partial charge in [-0.1, -0.05) is 29.8 Å². The normalized spacial score (nSPS) is 16.9. The van der Waals surface area contributed by atoms with Gasteiger partial charge in [0.1, 0.15) is 5.01 Å². The molecule has 2 amide bonds. The van der Waals surface area contributed by atoms with Crippen LogP contribution in [0.2, 0.25) is 0 Å². The van der Waals surface area contributed by atoms with Gasteiger partial charge in [0.05, 0.1) is 22.7 Å². The van der Waals surface area contributed by atoms with Gasteiger partial charge in [-0.25, -0.2) is 4.98 Å². The standard InChI is InChI=1S/C21H21N3O2S/c1-14-7-9-16(10-8-14)24-12-15(11-20(24)25)21(26)23(2)13-19-22-17-5-3-4-6-18(17)27-19/h3-10,15H,11-13H2,1-2H3/t15-/m1/s1. The Morgan fingerprint density at radius 2 is 1.96 bits per heavy atom. The third-order valence-electron chi connectivity index (χ3n) is 4.91. The molecular weight excluding hydrogens is 358 g/mol. The fraction of sp³-hybridized carbons (Fsp3) is 0.286. The summed E-state index contributed by atoms with van der Waals surface area (Å²) < 4.78 is 1.12. The smallest absolute Gasteiger partial charge is 0.228 e. The SMILES string of the molecule is Cc1ccc(N2C[C@H](C(=O)N(C)Cc3nc4ccccc4s3)CC2=O)cc1. The second-order valence-corrected chi connectivity index (χ2v) is 8.13. The number of aryl methyl sites for hydroxylation is 1. The predicted molar refractivity (Wildman–Crippen MR) is 108 cm³/mol. The van der Waals surface area contributed by atoms with Gasteiger partial charge in [-0.15, -0.1) is 11.3 Å². The molecule has 0 saturated carbocycles. The maximum atomic E-state index is 12.9. The van der Waals surface area contributed by atoms with E-state index in [1.54, 1.807) is 28.2 Å². The highest BCUT2D eigenvalue weighted by Gasteiger charge is 2.36. The van der Waals surface area contributed by atoms with Gasteiger partial charge in [0.15, 0.2) is 0 Å². The fourth-order valence-electron chi connectivity index (χ4n) is 3.43. The number of benzene rings is 2. The van der Waals surface area contributed by atoms with E-state index in [0.717, 1.165) is 26.5 Å². The van der Waals surface area contributed by atoms with Crippen molar-refractivity contribution in [3.8, 4) is 0 Å². The second-order valence-electron chi connectivity index (χ2n) is 7.01. The van der Waals surface area contributed by atoms with E-state index < -0.39 is 0 Å². The van der Waals surface area contributed by atoms with Crippen molar-refractivity contribution >= 4 is 39.1 Å². The summed E-state index contributed by atoms with van der Waals surface area (Å²) in [6.45, 7) is 2.91. The zero-order chi connectivity index (χ0) is 19.0. The van der Waals surface area contributed by atoms with Crippen LogP contribution in [-0.2, 0) is 16.1 Å².